The summed E-state index contributed by atoms with van der Waals surface area (Å²) in [7, 11) is 2.02. The number of ether oxygens (including phenoxy) is 1. The predicted molar refractivity (Wildman–Crippen MR) is 72.5 cm³/mol. The molecule has 2 heterocycles. The minimum atomic E-state index is -0.829. The molecule has 0 bridgehead atoms. The van der Waals surface area contributed by atoms with Crippen molar-refractivity contribution in [3.63, 3.8) is 0 Å². The topological polar surface area (TPSA) is 82.1 Å². The molecule has 2 fully saturated rings. The molecule has 0 aromatic rings. The van der Waals surface area contributed by atoms with E-state index >= 15 is 0 Å². The van der Waals surface area contributed by atoms with E-state index in [2.05, 4.69) is 10.2 Å². The van der Waals surface area contributed by atoms with Crippen LogP contribution >= 0.6 is 0 Å². The Kier molecular flexibility index (Phi) is 4.82. The molecule has 7 heteroatoms. The number of carboxylic acids is 1. The first-order valence-corrected chi connectivity index (χ1v) is 7.03. The monoisotopic (exact) mass is 285 g/mol. The second-order valence-electron chi connectivity index (χ2n) is 5.77. The van der Waals surface area contributed by atoms with Crippen LogP contribution in [0.15, 0.2) is 0 Å². The first-order chi connectivity index (χ1) is 9.47. The van der Waals surface area contributed by atoms with Crippen molar-refractivity contribution in [2.45, 2.75) is 13.0 Å². The zero-order valence-electron chi connectivity index (χ0n) is 12.0. The van der Waals surface area contributed by atoms with Crippen molar-refractivity contribution in [2.24, 2.45) is 11.8 Å². The first kappa shape index (κ1) is 15.1. The number of carboxylic acid groups (broad SMARTS) is 1. The summed E-state index contributed by atoms with van der Waals surface area (Å²) in [4.78, 5) is 26.8. The summed E-state index contributed by atoms with van der Waals surface area (Å²) in [5.41, 5.74) is 0. The summed E-state index contributed by atoms with van der Waals surface area (Å²) in [5.74, 6) is -1.29. The minimum Gasteiger partial charge on any atom is -0.481 e. The molecule has 3 atom stereocenters. The zero-order valence-corrected chi connectivity index (χ0v) is 12.0. The second-order valence-corrected chi connectivity index (χ2v) is 5.77. The third-order valence-electron chi connectivity index (χ3n) is 4.04. The van der Waals surface area contributed by atoms with Gasteiger partial charge in [-0.2, -0.15) is 0 Å². The number of carbonyl (C=O) groups excluding carboxylic acids is 1. The molecule has 2 saturated heterocycles. The Morgan fingerprint density at radius 2 is 2.10 bits per heavy atom. The molecule has 7 nitrogen and oxygen atoms in total. The molecule has 114 valence electrons. The summed E-state index contributed by atoms with van der Waals surface area (Å²) in [6.07, 6.45) is 0.00740. The van der Waals surface area contributed by atoms with E-state index in [1.807, 2.05) is 14.0 Å². The third-order valence-corrected chi connectivity index (χ3v) is 4.04. The van der Waals surface area contributed by atoms with Crippen molar-refractivity contribution in [3.05, 3.63) is 0 Å². The summed E-state index contributed by atoms with van der Waals surface area (Å²) < 4.78 is 5.57. The lowest BCUT2D eigenvalue weighted by Gasteiger charge is -2.30. The number of urea groups is 1. The minimum absolute atomic E-state index is 0.00434. The lowest BCUT2D eigenvalue weighted by molar-refractivity contribution is -0.142. The Hall–Kier alpha value is -1.34. The van der Waals surface area contributed by atoms with Gasteiger partial charge in [0.25, 0.3) is 0 Å². The number of hydrogen-bond donors (Lipinski definition) is 2. The van der Waals surface area contributed by atoms with Gasteiger partial charge in [0.2, 0.25) is 0 Å². The Morgan fingerprint density at radius 1 is 1.35 bits per heavy atom. The zero-order chi connectivity index (χ0) is 14.7. The molecule has 2 N–H and O–H groups in total. The van der Waals surface area contributed by atoms with Gasteiger partial charge < -0.3 is 25.0 Å². The third kappa shape index (κ3) is 3.61. The van der Waals surface area contributed by atoms with Gasteiger partial charge in [0.05, 0.1) is 18.6 Å². The molecular formula is C13H23N3O4. The highest BCUT2D eigenvalue weighted by atomic mass is 16.5. The van der Waals surface area contributed by atoms with Crippen LogP contribution < -0.4 is 5.32 Å². The predicted octanol–water partition coefficient (Wildman–Crippen LogP) is -0.321. The van der Waals surface area contributed by atoms with Crippen molar-refractivity contribution >= 4 is 12.0 Å². The van der Waals surface area contributed by atoms with Crippen LogP contribution in [-0.4, -0.2) is 79.4 Å². The van der Waals surface area contributed by atoms with Gasteiger partial charge in [-0.15, -0.1) is 0 Å². The van der Waals surface area contributed by atoms with Gasteiger partial charge >= 0.3 is 12.0 Å². The highest BCUT2D eigenvalue weighted by Gasteiger charge is 2.37. The first-order valence-electron chi connectivity index (χ1n) is 7.03. The smallest absolute Gasteiger partial charge is 0.317 e. The van der Waals surface area contributed by atoms with E-state index in [1.165, 1.54) is 0 Å². The van der Waals surface area contributed by atoms with Gasteiger partial charge in [-0.05, 0) is 13.0 Å². The lowest BCUT2D eigenvalue weighted by Crippen LogP contribution is -2.48. The van der Waals surface area contributed by atoms with Crippen LogP contribution in [0.4, 0.5) is 4.79 Å². The summed E-state index contributed by atoms with van der Waals surface area (Å²) in [6.45, 7) is 5.50. The number of nitrogens with one attached hydrogen (secondary N) is 1. The van der Waals surface area contributed by atoms with Gasteiger partial charge in [-0.25, -0.2) is 4.79 Å². The van der Waals surface area contributed by atoms with Crippen molar-refractivity contribution in [2.75, 3.05) is 46.4 Å². The Labute approximate surface area is 118 Å². The molecule has 2 aliphatic rings. The highest BCUT2D eigenvalue weighted by Crippen LogP contribution is 2.22. The van der Waals surface area contributed by atoms with Gasteiger partial charge in [0.1, 0.15) is 0 Å². The molecule has 0 aliphatic carbocycles. The van der Waals surface area contributed by atoms with Gasteiger partial charge in [0, 0.05) is 32.7 Å². The molecule has 2 aliphatic heterocycles. The summed E-state index contributed by atoms with van der Waals surface area (Å²) >= 11 is 0. The van der Waals surface area contributed by atoms with Crippen LogP contribution in [0.1, 0.15) is 6.92 Å². The molecule has 1 unspecified atom stereocenters. The summed E-state index contributed by atoms with van der Waals surface area (Å²) in [5, 5.41) is 11.9. The average Bonchev–Trinajstić information content (AvgIpc) is 2.78. The number of nitrogens with zero attached hydrogens (tertiary/aromatic N) is 2. The van der Waals surface area contributed by atoms with Crippen LogP contribution in [0, 0.1) is 11.8 Å². The maximum Gasteiger partial charge on any atom is 0.317 e. The van der Waals surface area contributed by atoms with E-state index < -0.39 is 11.9 Å². The molecule has 0 radical (unpaired) electrons. The maximum absolute atomic E-state index is 12.0. The molecule has 2 rings (SSSR count). The SMILES string of the molecule is C[C@@H]1CN(C(=O)NCC2CN(C)CCO2)C[C@H]1C(=O)O. The largest absolute Gasteiger partial charge is 0.481 e. The Balaban J connectivity index is 1.76. The Bertz CT molecular complexity index is 377. The van der Waals surface area contributed by atoms with E-state index in [9.17, 15) is 9.59 Å². The van der Waals surface area contributed by atoms with Crippen molar-refractivity contribution in [1.29, 1.82) is 0 Å². The molecule has 2 amide bonds. The van der Waals surface area contributed by atoms with E-state index in [0.717, 1.165) is 13.1 Å². The number of rotatable bonds is 3. The highest BCUT2D eigenvalue weighted by molar-refractivity contribution is 5.77. The van der Waals surface area contributed by atoms with Gasteiger partial charge in [0.15, 0.2) is 0 Å². The van der Waals surface area contributed by atoms with Crippen molar-refractivity contribution < 1.29 is 19.4 Å². The fourth-order valence-corrected chi connectivity index (χ4v) is 2.76. The average molecular weight is 285 g/mol. The second kappa shape index (κ2) is 6.41. The molecule has 0 aromatic carbocycles. The van der Waals surface area contributed by atoms with Crippen molar-refractivity contribution in [3.8, 4) is 0 Å². The van der Waals surface area contributed by atoms with Crippen LogP contribution in [0.5, 0.6) is 0 Å². The van der Waals surface area contributed by atoms with Gasteiger partial charge in [-0.1, -0.05) is 6.92 Å². The Morgan fingerprint density at radius 3 is 2.70 bits per heavy atom. The number of amides is 2. The molecule has 0 saturated carbocycles. The van der Waals surface area contributed by atoms with E-state index in [-0.39, 0.29) is 24.6 Å². The summed E-state index contributed by atoms with van der Waals surface area (Å²) in [6, 6.07) is -0.197. The normalized spacial score (nSPS) is 31.3. The molecule has 0 aromatic heterocycles. The quantitative estimate of drug-likeness (QED) is 0.742. The molecular weight excluding hydrogens is 262 g/mol. The maximum atomic E-state index is 12.0. The van der Waals surface area contributed by atoms with Crippen LogP contribution in [-0.2, 0) is 9.53 Å². The van der Waals surface area contributed by atoms with Crippen LogP contribution in [0.2, 0.25) is 0 Å². The number of hydrogen-bond acceptors (Lipinski definition) is 4. The van der Waals surface area contributed by atoms with Crippen molar-refractivity contribution in [1.82, 2.24) is 15.1 Å². The number of aliphatic carboxylic acids is 1. The molecule has 0 spiro atoms. The number of likely N-dealkylation sites (N-methyl/N-ethyl adjacent to an activating group) is 1. The van der Waals surface area contributed by atoms with Crippen LogP contribution in [0.3, 0.4) is 0 Å². The standard InChI is InChI=1S/C13H23N3O4/c1-9-6-16(8-11(9)12(17)18)13(19)14-5-10-7-15(2)3-4-20-10/h9-11H,3-8H2,1-2H3,(H,14,19)(H,17,18)/t9-,10?,11-/m1/s1. The fraction of sp³-hybridized carbons (Fsp3) is 0.846. The number of carbonyl (C=O) groups is 2. The number of morpholine rings is 1. The van der Waals surface area contributed by atoms with E-state index in [0.29, 0.717) is 19.7 Å². The number of likely N-dealkylation sites (tertiary alicyclic amines) is 1. The fourth-order valence-electron chi connectivity index (χ4n) is 2.76. The molecule has 20 heavy (non-hydrogen) atoms. The van der Waals surface area contributed by atoms with E-state index in [4.69, 9.17) is 9.84 Å². The van der Waals surface area contributed by atoms with Gasteiger partial charge in [-0.3, -0.25) is 4.79 Å². The van der Waals surface area contributed by atoms with Crippen LogP contribution in [0.25, 0.3) is 0 Å². The lowest BCUT2D eigenvalue weighted by atomic mass is 9.99. The van der Waals surface area contributed by atoms with E-state index in [1.54, 1.807) is 4.90 Å².